The lowest BCUT2D eigenvalue weighted by molar-refractivity contribution is -0.137. The molecule has 0 atom stereocenters. The molecule has 0 aliphatic carbocycles. The Morgan fingerprint density at radius 1 is 0.537 bits per heavy atom. The minimum atomic E-state index is -4.83. The van der Waals surface area contributed by atoms with Crippen molar-refractivity contribution in [3.05, 3.63) is 96.1 Å². The second kappa shape index (κ2) is 9.69. The molecule has 5 aromatic rings. The molecule has 0 saturated heterocycles. The van der Waals surface area contributed by atoms with Crippen LogP contribution in [-0.2, 0) is 32.4 Å². The fraction of sp³-hybridized carbons (Fsp3) is 0.0769. The summed E-state index contributed by atoms with van der Waals surface area (Å²) in [7, 11) is -9.12. The van der Waals surface area contributed by atoms with Crippen molar-refractivity contribution in [1.82, 2.24) is 0 Å². The van der Waals surface area contributed by atoms with Crippen LogP contribution in [0.4, 0.5) is 37.7 Å². The normalized spacial score (nSPS) is 13.0. The second-order valence-corrected chi connectivity index (χ2v) is 12.1. The van der Waals surface area contributed by atoms with Gasteiger partial charge >= 0.3 is 12.4 Å². The molecule has 0 saturated carbocycles. The van der Waals surface area contributed by atoms with Crippen molar-refractivity contribution in [2.75, 3.05) is 9.44 Å². The molecule has 0 aliphatic rings. The van der Waals surface area contributed by atoms with Gasteiger partial charge in [0.25, 0.3) is 20.0 Å². The number of hydrogen-bond donors (Lipinski definition) is 2. The van der Waals surface area contributed by atoms with E-state index in [0.29, 0.717) is 12.1 Å². The molecule has 1 aromatic heterocycles. The molecule has 41 heavy (non-hydrogen) atoms. The van der Waals surface area contributed by atoms with Crippen LogP contribution < -0.4 is 9.44 Å². The van der Waals surface area contributed by atoms with E-state index in [1.165, 1.54) is 24.3 Å². The average Bonchev–Trinajstić information content (AvgIpc) is 3.25. The molecule has 0 fully saturated rings. The highest BCUT2D eigenvalue weighted by molar-refractivity contribution is 7.93. The third-order valence-electron chi connectivity index (χ3n) is 5.99. The van der Waals surface area contributed by atoms with Gasteiger partial charge in [0.15, 0.2) is 0 Å². The first kappa shape index (κ1) is 28.3. The molecule has 15 heteroatoms. The van der Waals surface area contributed by atoms with Gasteiger partial charge in [0.05, 0.1) is 32.3 Å². The monoisotopic (exact) mass is 614 g/mol. The smallest absolute Gasteiger partial charge is 0.418 e. The number of anilines is 2. The lowest BCUT2D eigenvalue weighted by Crippen LogP contribution is -2.17. The van der Waals surface area contributed by atoms with Crippen LogP contribution in [-0.4, -0.2) is 16.8 Å². The predicted octanol–water partition coefficient (Wildman–Crippen LogP) is 7.23. The van der Waals surface area contributed by atoms with Crippen LogP contribution >= 0.6 is 0 Å². The van der Waals surface area contributed by atoms with Gasteiger partial charge in [-0.1, -0.05) is 24.3 Å². The molecule has 0 spiro atoms. The summed E-state index contributed by atoms with van der Waals surface area (Å²) in [6, 6.07) is 14.8. The van der Waals surface area contributed by atoms with Crippen molar-refractivity contribution >= 4 is 53.4 Å². The molecule has 0 aliphatic heterocycles. The topological polar surface area (TPSA) is 105 Å². The third-order valence-corrected chi connectivity index (χ3v) is 8.71. The molecule has 0 unspecified atom stereocenters. The molecule has 0 amide bonds. The van der Waals surface area contributed by atoms with Gasteiger partial charge in [-0.05, 0) is 60.7 Å². The zero-order valence-electron chi connectivity index (χ0n) is 20.2. The van der Waals surface area contributed by atoms with Gasteiger partial charge in [-0.15, -0.1) is 0 Å². The molecule has 0 bridgehead atoms. The maximum atomic E-state index is 13.4. The van der Waals surface area contributed by atoms with Crippen LogP contribution in [0.2, 0.25) is 0 Å². The first-order chi connectivity index (χ1) is 19.1. The van der Waals surface area contributed by atoms with Gasteiger partial charge in [0, 0.05) is 10.8 Å². The van der Waals surface area contributed by atoms with Crippen LogP contribution in [0.25, 0.3) is 21.9 Å². The first-order valence-electron chi connectivity index (χ1n) is 11.4. The van der Waals surface area contributed by atoms with Crippen LogP contribution in [0, 0.1) is 0 Å². The van der Waals surface area contributed by atoms with Gasteiger partial charge < -0.3 is 4.42 Å². The van der Waals surface area contributed by atoms with Crippen molar-refractivity contribution in [2.45, 2.75) is 22.1 Å². The van der Waals surface area contributed by atoms with E-state index < -0.39 is 64.7 Å². The number of alkyl halides is 6. The highest BCUT2D eigenvalue weighted by Gasteiger charge is 2.35. The minimum absolute atomic E-state index is 0.0970. The predicted molar refractivity (Wildman–Crippen MR) is 138 cm³/mol. The number of rotatable bonds is 6. The van der Waals surface area contributed by atoms with Crippen LogP contribution in [0.3, 0.4) is 0 Å². The van der Waals surface area contributed by atoms with Gasteiger partial charge in [-0.25, -0.2) is 16.8 Å². The van der Waals surface area contributed by atoms with E-state index in [4.69, 9.17) is 4.42 Å². The molecule has 1 heterocycles. The van der Waals surface area contributed by atoms with E-state index in [1.807, 2.05) is 9.44 Å². The summed E-state index contributed by atoms with van der Waals surface area (Å²) in [5.41, 5.74) is -3.55. The number of fused-ring (bicyclic) bond motifs is 3. The SMILES string of the molecule is O=S(=O)(Nc1ccccc1C(F)(F)F)c1ccc2oc3ccc(S(=O)(=O)Nc4ccccc4C(F)(F)F)cc3c2c1. The highest BCUT2D eigenvalue weighted by Crippen LogP contribution is 2.38. The molecule has 4 aromatic carbocycles. The van der Waals surface area contributed by atoms with E-state index in [9.17, 15) is 43.2 Å². The Morgan fingerprint density at radius 2 is 0.902 bits per heavy atom. The summed E-state index contributed by atoms with van der Waals surface area (Å²) in [6.45, 7) is 0. The number of furan rings is 1. The number of hydrogen-bond acceptors (Lipinski definition) is 5. The maximum Gasteiger partial charge on any atom is 0.418 e. The zero-order chi connectivity index (χ0) is 29.8. The third kappa shape index (κ3) is 5.54. The van der Waals surface area contributed by atoms with Crippen molar-refractivity contribution in [2.24, 2.45) is 0 Å². The lowest BCUT2D eigenvalue weighted by atomic mass is 10.1. The molecular formula is C26H16F6N2O5S2. The Kier molecular flexibility index (Phi) is 6.69. The van der Waals surface area contributed by atoms with Crippen molar-refractivity contribution in [1.29, 1.82) is 0 Å². The molecule has 7 nitrogen and oxygen atoms in total. The summed E-state index contributed by atoms with van der Waals surface area (Å²) < 4.78 is 142. The van der Waals surface area contributed by atoms with E-state index >= 15 is 0 Å². The van der Waals surface area contributed by atoms with Gasteiger partial charge in [0.2, 0.25) is 0 Å². The van der Waals surface area contributed by atoms with E-state index in [0.717, 1.165) is 48.5 Å². The molecule has 5 rings (SSSR count). The summed E-state index contributed by atoms with van der Waals surface area (Å²) in [5, 5.41) is 0.194. The Hall–Kier alpha value is -4.24. The van der Waals surface area contributed by atoms with Crippen LogP contribution in [0.1, 0.15) is 11.1 Å². The lowest BCUT2D eigenvalue weighted by Gasteiger charge is -2.15. The number of benzene rings is 4. The van der Waals surface area contributed by atoms with E-state index in [1.54, 1.807) is 0 Å². The van der Waals surface area contributed by atoms with E-state index in [2.05, 4.69) is 0 Å². The fourth-order valence-electron chi connectivity index (χ4n) is 4.12. The Balaban J connectivity index is 1.55. The first-order valence-corrected chi connectivity index (χ1v) is 14.4. The summed E-state index contributed by atoms with van der Waals surface area (Å²) in [5.74, 6) is 0. The van der Waals surface area contributed by atoms with Gasteiger partial charge in [0.1, 0.15) is 11.2 Å². The molecule has 0 radical (unpaired) electrons. The number of nitrogens with one attached hydrogen (secondary N) is 2. The number of para-hydroxylation sites is 2. The van der Waals surface area contributed by atoms with Crippen molar-refractivity contribution in [3.63, 3.8) is 0 Å². The van der Waals surface area contributed by atoms with Crippen LogP contribution in [0.15, 0.2) is 99.1 Å². The zero-order valence-corrected chi connectivity index (χ0v) is 21.8. The Bertz CT molecular complexity index is 1870. The fourth-order valence-corrected chi connectivity index (χ4v) is 6.33. The second-order valence-electron chi connectivity index (χ2n) is 8.72. The maximum absolute atomic E-state index is 13.4. The summed E-state index contributed by atoms with van der Waals surface area (Å²) in [4.78, 5) is -0.898. The highest BCUT2D eigenvalue weighted by atomic mass is 32.2. The quantitative estimate of drug-likeness (QED) is 0.197. The largest absolute Gasteiger partial charge is 0.456 e. The Labute approximate surface area is 228 Å². The number of sulfonamides is 2. The van der Waals surface area contributed by atoms with Crippen molar-refractivity contribution < 1.29 is 47.6 Å². The van der Waals surface area contributed by atoms with E-state index in [-0.39, 0.29) is 21.9 Å². The number of halogens is 6. The standard InChI is InChI=1S/C26H16F6N2O5S2/c27-25(28,29)19-5-1-3-7-21(19)33-40(35,36)15-9-11-23-17(13-15)18-14-16(10-12-24(18)39-23)41(37,38)34-22-8-4-2-6-20(22)26(30,31)32/h1-14,33-34H. The molecule has 2 N–H and O–H groups in total. The van der Waals surface area contributed by atoms with Gasteiger partial charge in [-0.2, -0.15) is 26.3 Å². The molecule has 214 valence electrons. The summed E-state index contributed by atoms with van der Waals surface area (Å²) in [6.07, 6.45) is -9.67. The minimum Gasteiger partial charge on any atom is -0.456 e. The van der Waals surface area contributed by atoms with Gasteiger partial charge in [-0.3, -0.25) is 9.44 Å². The average molecular weight is 615 g/mol. The van der Waals surface area contributed by atoms with Crippen LogP contribution in [0.5, 0.6) is 0 Å². The summed E-state index contributed by atoms with van der Waals surface area (Å²) >= 11 is 0. The molecular weight excluding hydrogens is 598 g/mol. The van der Waals surface area contributed by atoms with Crippen molar-refractivity contribution in [3.8, 4) is 0 Å². The Morgan fingerprint density at radius 3 is 1.27 bits per heavy atom.